The molecule has 0 spiro atoms. The molecule has 0 aliphatic rings. The monoisotopic (exact) mass is 197 g/mol. The largest absolute Gasteiger partial charge is 0.253 e. The molecule has 0 bridgehead atoms. The highest BCUT2D eigenvalue weighted by molar-refractivity contribution is 6.55. The van der Waals surface area contributed by atoms with E-state index in [4.69, 9.17) is 0 Å². The number of aryl methyl sites for hydroxylation is 2. The van der Waals surface area contributed by atoms with Crippen LogP contribution in [0.1, 0.15) is 18.2 Å². The van der Waals surface area contributed by atoms with E-state index < -0.39 is 0 Å². The van der Waals surface area contributed by atoms with Gasteiger partial charge < -0.3 is 0 Å². The van der Waals surface area contributed by atoms with Gasteiger partial charge in [-0.05, 0) is 25.0 Å². The zero-order chi connectivity index (χ0) is 10.8. The van der Waals surface area contributed by atoms with Crippen LogP contribution in [0.3, 0.4) is 0 Å². The van der Waals surface area contributed by atoms with Crippen molar-refractivity contribution in [1.82, 2.24) is 9.97 Å². The van der Waals surface area contributed by atoms with Gasteiger partial charge in [-0.1, -0.05) is 25.3 Å². The summed E-state index contributed by atoms with van der Waals surface area (Å²) in [5, 5.41) is 0. The highest BCUT2D eigenvalue weighted by Gasteiger charge is 2.04. The first-order valence-electron chi connectivity index (χ1n) is 5.30. The minimum atomic E-state index is 0.933. The Morgan fingerprint density at radius 2 is 2.13 bits per heavy atom. The SMILES string of the molecule is C[B]c1cc(C)cc2nc(CC)cnc12. The van der Waals surface area contributed by atoms with E-state index in [1.54, 1.807) is 0 Å². The van der Waals surface area contributed by atoms with Crippen LogP contribution in [0.2, 0.25) is 6.82 Å². The minimum Gasteiger partial charge on any atom is -0.253 e. The summed E-state index contributed by atoms with van der Waals surface area (Å²) >= 11 is 0. The van der Waals surface area contributed by atoms with Crippen molar-refractivity contribution >= 4 is 23.8 Å². The van der Waals surface area contributed by atoms with Crippen molar-refractivity contribution in [2.24, 2.45) is 0 Å². The lowest BCUT2D eigenvalue weighted by Crippen LogP contribution is -2.14. The molecule has 0 saturated carbocycles. The predicted octanol–water partition coefficient (Wildman–Crippen LogP) is 1.88. The lowest BCUT2D eigenvalue weighted by Gasteiger charge is -2.05. The van der Waals surface area contributed by atoms with Crippen LogP contribution in [-0.2, 0) is 6.42 Å². The van der Waals surface area contributed by atoms with Crippen molar-refractivity contribution in [2.45, 2.75) is 27.1 Å². The Labute approximate surface area is 91.0 Å². The van der Waals surface area contributed by atoms with Crippen LogP contribution >= 0.6 is 0 Å². The molecule has 0 unspecified atom stereocenters. The Hall–Kier alpha value is -1.38. The van der Waals surface area contributed by atoms with Gasteiger partial charge in [0.2, 0.25) is 0 Å². The molecule has 0 aliphatic heterocycles. The second-order valence-corrected chi connectivity index (χ2v) is 3.73. The normalized spacial score (nSPS) is 10.6. The van der Waals surface area contributed by atoms with Gasteiger partial charge in [0.05, 0.1) is 16.7 Å². The third-order valence-electron chi connectivity index (χ3n) is 2.54. The molecule has 1 heterocycles. The maximum Gasteiger partial charge on any atom is 0.151 e. The summed E-state index contributed by atoms with van der Waals surface area (Å²) in [6, 6.07) is 4.23. The van der Waals surface area contributed by atoms with Crippen LogP contribution in [0.25, 0.3) is 11.0 Å². The second-order valence-electron chi connectivity index (χ2n) is 3.73. The maximum absolute atomic E-state index is 4.58. The summed E-state index contributed by atoms with van der Waals surface area (Å²) < 4.78 is 0. The Bertz CT molecular complexity index is 494. The van der Waals surface area contributed by atoms with Crippen molar-refractivity contribution in [3.8, 4) is 0 Å². The third-order valence-corrected chi connectivity index (χ3v) is 2.54. The van der Waals surface area contributed by atoms with Crippen molar-refractivity contribution in [3.05, 3.63) is 29.6 Å². The molecule has 75 valence electrons. The third kappa shape index (κ3) is 1.87. The number of hydrogen-bond donors (Lipinski definition) is 0. The fourth-order valence-electron chi connectivity index (χ4n) is 1.73. The summed E-state index contributed by atoms with van der Waals surface area (Å²) in [7, 11) is 2.08. The van der Waals surface area contributed by atoms with Gasteiger partial charge in [-0.3, -0.25) is 4.98 Å². The molecule has 1 aromatic carbocycles. The zero-order valence-electron chi connectivity index (χ0n) is 9.41. The molecule has 1 aromatic heterocycles. The van der Waals surface area contributed by atoms with Crippen molar-refractivity contribution in [2.75, 3.05) is 0 Å². The fraction of sp³-hybridized carbons (Fsp3) is 0.333. The lowest BCUT2D eigenvalue weighted by molar-refractivity contribution is 1.03. The number of aromatic nitrogens is 2. The molecular weight excluding hydrogens is 183 g/mol. The molecule has 0 saturated heterocycles. The van der Waals surface area contributed by atoms with Gasteiger partial charge in [0.1, 0.15) is 0 Å². The molecule has 0 amide bonds. The molecule has 0 aliphatic carbocycles. The molecule has 0 N–H and O–H groups in total. The standard InChI is InChI=1S/C12H14BN2/c1-4-9-7-14-12-10(13-3)5-8(2)6-11(12)15-9/h5-7H,4H2,1-3H3. The minimum absolute atomic E-state index is 0.933. The van der Waals surface area contributed by atoms with E-state index in [9.17, 15) is 0 Å². The molecule has 0 fully saturated rings. The van der Waals surface area contributed by atoms with Crippen LogP contribution in [0.5, 0.6) is 0 Å². The summed E-state index contributed by atoms with van der Waals surface area (Å²) in [4.78, 5) is 9.05. The summed E-state index contributed by atoms with van der Waals surface area (Å²) in [5.74, 6) is 0. The van der Waals surface area contributed by atoms with E-state index in [-0.39, 0.29) is 0 Å². The molecule has 2 nitrogen and oxygen atoms in total. The van der Waals surface area contributed by atoms with Crippen LogP contribution in [0.15, 0.2) is 18.3 Å². The van der Waals surface area contributed by atoms with Crippen molar-refractivity contribution in [3.63, 3.8) is 0 Å². The molecule has 0 atom stereocenters. The van der Waals surface area contributed by atoms with Crippen LogP contribution in [-0.4, -0.2) is 17.2 Å². The van der Waals surface area contributed by atoms with E-state index in [1.807, 2.05) is 13.0 Å². The Morgan fingerprint density at radius 3 is 2.80 bits per heavy atom. The maximum atomic E-state index is 4.58. The summed E-state index contributed by atoms with van der Waals surface area (Å²) in [6.45, 7) is 6.22. The quantitative estimate of drug-likeness (QED) is 0.687. The van der Waals surface area contributed by atoms with E-state index >= 15 is 0 Å². The van der Waals surface area contributed by atoms with E-state index in [2.05, 4.69) is 43.2 Å². The molecule has 1 radical (unpaired) electrons. The predicted molar refractivity (Wildman–Crippen MR) is 64.9 cm³/mol. The number of hydrogen-bond acceptors (Lipinski definition) is 2. The highest BCUT2D eigenvalue weighted by Crippen LogP contribution is 2.10. The van der Waals surface area contributed by atoms with E-state index in [1.165, 1.54) is 11.0 Å². The van der Waals surface area contributed by atoms with Gasteiger partial charge in [-0.2, -0.15) is 0 Å². The van der Waals surface area contributed by atoms with Crippen molar-refractivity contribution < 1.29 is 0 Å². The number of fused-ring (bicyclic) bond motifs is 1. The van der Waals surface area contributed by atoms with Gasteiger partial charge in [0.25, 0.3) is 0 Å². The summed E-state index contributed by atoms with van der Waals surface area (Å²) in [6.07, 6.45) is 2.80. The fourth-order valence-corrected chi connectivity index (χ4v) is 1.73. The van der Waals surface area contributed by atoms with Crippen LogP contribution in [0, 0.1) is 6.92 Å². The van der Waals surface area contributed by atoms with Gasteiger partial charge in [-0.25, -0.2) is 4.98 Å². The Balaban J connectivity index is 2.72. The van der Waals surface area contributed by atoms with Crippen LogP contribution < -0.4 is 5.46 Å². The number of benzene rings is 1. The van der Waals surface area contributed by atoms with E-state index in [0.29, 0.717) is 0 Å². The van der Waals surface area contributed by atoms with Gasteiger partial charge in [-0.15, -0.1) is 0 Å². The molecule has 15 heavy (non-hydrogen) atoms. The smallest absolute Gasteiger partial charge is 0.151 e. The summed E-state index contributed by atoms with van der Waals surface area (Å²) in [5.41, 5.74) is 5.45. The number of rotatable bonds is 2. The second kappa shape index (κ2) is 4.01. The Morgan fingerprint density at radius 1 is 1.33 bits per heavy atom. The van der Waals surface area contributed by atoms with Crippen LogP contribution in [0.4, 0.5) is 0 Å². The molecule has 2 aromatic rings. The number of nitrogens with zero attached hydrogens (tertiary/aromatic N) is 2. The first-order valence-corrected chi connectivity index (χ1v) is 5.30. The zero-order valence-corrected chi connectivity index (χ0v) is 9.41. The van der Waals surface area contributed by atoms with Crippen molar-refractivity contribution in [1.29, 1.82) is 0 Å². The first kappa shape index (κ1) is 10.2. The molecular formula is C12H14BN2. The lowest BCUT2D eigenvalue weighted by atomic mass is 9.72. The van der Waals surface area contributed by atoms with Gasteiger partial charge >= 0.3 is 0 Å². The van der Waals surface area contributed by atoms with E-state index in [0.717, 1.165) is 23.1 Å². The molecule has 2 rings (SSSR count). The average molecular weight is 197 g/mol. The van der Waals surface area contributed by atoms with Gasteiger partial charge in [0, 0.05) is 6.20 Å². The topological polar surface area (TPSA) is 25.8 Å². The average Bonchev–Trinajstić information content (AvgIpc) is 2.26. The first-order chi connectivity index (χ1) is 7.24. The van der Waals surface area contributed by atoms with Gasteiger partial charge in [0.15, 0.2) is 7.28 Å². The molecule has 3 heteroatoms. The highest BCUT2D eigenvalue weighted by atomic mass is 14.8. The Kier molecular flexibility index (Phi) is 2.71.